The predicted octanol–water partition coefficient (Wildman–Crippen LogP) is 4.15. The van der Waals surface area contributed by atoms with E-state index in [2.05, 4.69) is 15.6 Å². The average Bonchev–Trinajstić information content (AvgIpc) is 3.22. The monoisotopic (exact) mass is 432 g/mol. The van der Waals surface area contributed by atoms with E-state index >= 15 is 0 Å². The summed E-state index contributed by atoms with van der Waals surface area (Å²) in [5.74, 6) is 1.47. The Morgan fingerprint density at radius 2 is 1.88 bits per heavy atom. The third-order valence-corrected chi connectivity index (χ3v) is 5.22. The number of carbonyl (C=O) groups excluding carboxylic acids is 2. The first kappa shape index (κ1) is 21.2. The third-order valence-electron chi connectivity index (χ3n) is 5.22. The van der Waals surface area contributed by atoms with Crippen molar-refractivity contribution < 1.29 is 19.1 Å². The summed E-state index contributed by atoms with van der Waals surface area (Å²) < 4.78 is 11.3. The number of nitrogens with zero attached hydrogens (tertiary/aromatic N) is 2. The van der Waals surface area contributed by atoms with Crippen LogP contribution in [0.4, 0.5) is 16.2 Å². The topological polar surface area (TPSA) is 92.8 Å². The third kappa shape index (κ3) is 4.34. The Morgan fingerprint density at radius 3 is 2.66 bits per heavy atom. The molecule has 2 aromatic carbocycles. The van der Waals surface area contributed by atoms with Crippen LogP contribution in [0.1, 0.15) is 21.6 Å². The minimum Gasteiger partial charge on any atom is -0.495 e. The SMILES string of the molecule is CNC(=O)c1cc(Oc2ccc3c(c2)CCN3C(=O)Nc2cc(C)ccc2OC)ccn1. The Labute approximate surface area is 186 Å². The quantitative estimate of drug-likeness (QED) is 0.632. The molecule has 3 amide bonds. The Morgan fingerprint density at radius 1 is 1.06 bits per heavy atom. The number of amides is 3. The molecule has 2 N–H and O–H groups in total. The lowest BCUT2D eigenvalue weighted by atomic mass is 10.1. The fourth-order valence-corrected chi connectivity index (χ4v) is 3.62. The number of carbonyl (C=O) groups is 2. The summed E-state index contributed by atoms with van der Waals surface area (Å²) >= 11 is 0. The lowest BCUT2D eigenvalue weighted by molar-refractivity contribution is 0.0958. The molecule has 1 aromatic heterocycles. The number of aryl methyl sites for hydroxylation is 1. The number of rotatable bonds is 5. The van der Waals surface area contributed by atoms with E-state index < -0.39 is 0 Å². The number of hydrogen-bond donors (Lipinski definition) is 2. The first-order valence-corrected chi connectivity index (χ1v) is 10.2. The Hall–Kier alpha value is -4.07. The van der Waals surface area contributed by atoms with Gasteiger partial charge < -0.3 is 20.1 Å². The second-order valence-electron chi connectivity index (χ2n) is 7.38. The summed E-state index contributed by atoms with van der Waals surface area (Å²) in [6, 6.07) is 14.3. The van der Waals surface area contributed by atoms with Gasteiger partial charge in [-0.05, 0) is 60.9 Å². The maximum atomic E-state index is 12.9. The van der Waals surface area contributed by atoms with Crippen molar-refractivity contribution in [2.75, 3.05) is 30.9 Å². The lowest BCUT2D eigenvalue weighted by Crippen LogP contribution is -2.33. The summed E-state index contributed by atoms with van der Waals surface area (Å²) in [7, 11) is 3.13. The van der Waals surface area contributed by atoms with E-state index in [4.69, 9.17) is 9.47 Å². The molecule has 0 saturated heterocycles. The number of fused-ring (bicyclic) bond motifs is 1. The minimum atomic E-state index is -0.281. The standard InChI is InChI=1S/C24H24N4O4/c1-15-4-7-22(31-3)19(12-15)27-24(30)28-11-9-16-13-17(5-6-21(16)28)32-18-8-10-26-20(14-18)23(29)25-2/h4-8,10,12-14H,9,11H2,1-3H3,(H,25,29)(H,27,30). The van der Waals surface area contributed by atoms with Crippen molar-refractivity contribution >= 4 is 23.3 Å². The minimum absolute atomic E-state index is 0.217. The molecule has 0 fully saturated rings. The van der Waals surface area contributed by atoms with Crippen molar-refractivity contribution in [3.05, 3.63) is 71.5 Å². The van der Waals surface area contributed by atoms with Gasteiger partial charge >= 0.3 is 6.03 Å². The number of ether oxygens (including phenoxy) is 2. The van der Waals surface area contributed by atoms with Crippen molar-refractivity contribution in [2.45, 2.75) is 13.3 Å². The van der Waals surface area contributed by atoms with E-state index in [1.165, 1.54) is 6.20 Å². The molecule has 2 heterocycles. The average molecular weight is 432 g/mol. The number of nitrogens with one attached hydrogen (secondary N) is 2. The Bertz CT molecular complexity index is 1180. The summed E-state index contributed by atoms with van der Waals surface area (Å²) in [4.78, 5) is 30.5. The molecule has 32 heavy (non-hydrogen) atoms. The van der Waals surface area contributed by atoms with Gasteiger partial charge in [-0.1, -0.05) is 6.07 Å². The van der Waals surface area contributed by atoms with E-state index in [1.807, 2.05) is 37.3 Å². The van der Waals surface area contributed by atoms with Crippen molar-refractivity contribution in [3.63, 3.8) is 0 Å². The van der Waals surface area contributed by atoms with Crippen LogP contribution in [0.5, 0.6) is 17.2 Å². The summed E-state index contributed by atoms with van der Waals surface area (Å²) in [6.07, 6.45) is 2.24. The second kappa shape index (κ2) is 8.97. The highest BCUT2D eigenvalue weighted by molar-refractivity contribution is 6.04. The normalized spacial score (nSPS) is 12.2. The first-order chi connectivity index (χ1) is 15.5. The van der Waals surface area contributed by atoms with Crippen LogP contribution in [-0.4, -0.2) is 37.6 Å². The summed E-state index contributed by atoms with van der Waals surface area (Å²) in [5.41, 5.74) is 3.79. The van der Waals surface area contributed by atoms with Gasteiger partial charge in [0, 0.05) is 31.5 Å². The van der Waals surface area contributed by atoms with Crippen molar-refractivity contribution in [1.29, 1.82) is 0 Å². The molecule has 8 heteroatoms. The van der Waals surface area contributed by atoms with Crippen LogP contribution in [0.3, 0.4) is 0 Å². The molecule has 4 rings (SSSR count). The van der Waals surface area contributed by atoms with E-state index in [1.54, 1.807) is 37.3 Å². The van der Waals surface area contributed by atoms with Gasteiger partial charge in [-0.3, -0.25) is 14.7 Å². The van der Waals surface area contributed by atoms with Gasteiger partial charge in [0.1, 0.15) is 22.9 Å². The van der Waals surface area contributed by atoms with Gasteiger partial charge in [0.15, 0.2) is 0 Å². The molecular weight excluding hydrogens is 408 g/mol. The molecule has 0 radical (unpaired) electrons. The van der Waals surface area contributed by atoms with Crippen molar-refractivity contribution in [3.8, 4) is 17.2 Å². The zero-order valence-electron chi connectivity index (χ0n) is 18.1. The Balaban J connectivity index is 1.50. The maximum Gasteiger partial charge on any atom is 0.326 e. The number of aromatic nitrogens is 1. The van der Waals surface area contributed by atoms with Crippen molar-refractivity contribution in [2.24, 2.45) is 0 Å². The summed E-state index contributed by atoms with van der Waals surface area (Å²) in [5, 5.41) is 5.49. The van der Waals surface area contributed by atoms with Gasteiger partial charge in [0.25, 0.3) is 5.91 Å². The fraction of sp³-hybridized carbons (Fsp3) is 0.208. The zero-order chi connectivity index (χ0) is 22.7. The van der Waals surface area contributed by atoms with E-state index in [0.29, 0.717) is 35.9 Å². The second-order valence-corrected chi connectivity index (χ2v) is 7.38. The number of urea groups is 1. The van der Waals surface area contributed by atoms with Crippen LogP contribution < -0.4 is 25.0 Å². The zero-order valence-corrected chi connectivity index (χ0v) is 18.1. The van der Waals surface area contributed by atoms with Crippen LogP contribution in [0, 0.1) is 6.92 Å². The van der Waals surface area contributed by atoms with Crippen LogP contribution in [0.25, 0.3) is 0 Å². The number of anilines is 2. The highest BCUT2D eigenvalue weighted by atomic mass is 16.5. The summed E-state index contributed by atoms with van der Waals surface area (Å²) in [6.45, 7) is 2.52. The van der Waals surface area contributed by atoms with Crippen molar-refractivity contribution in [1.82, 2.24) is 10.3 Å². The number of methoxy groups -OCH3 is 1. The fourth-order valence-electron chi connectivity index (χ4n) is 3.62. The van der Waals surface area contributed by atoms with Crippen LogP contribution in [0.2, 0.25) is 0 Å². The molecule has 0 aliphatic carbocycles. The van der Waals surface area contributed by atoms with Crippen LogP contribution in [0.15, 0.2) is 54.7 Å². The van der Waals surface area contributed by atoms with E-state index in [-0.39, 0.29) is 17.6 Å². The lowest BCUT2D eigenvalue weighted by Gasteiger charge is -2.19. The first-order valence-electron chi connectivity index (χ1n) is 10.2. The molecule has 0 atom stereocenters. The van der Waals surface area contributed by atoms with Gasteiger partial charge in [0.05, 0.1) is 12.8 Å². The number of benzene rings is 2. The highest BCUT2D eigenvalue weighted by Crippen LogP contribution is 2.34. The van der Waals surface area contributed by atoms with Crippen LogP contribution >= 0.6 is 0 Å². The molecule has 8 nitrogen and oxygen atoms in total. The van der Waals surface area contributed by atoms with E-state index in [9.17, 15) is 9.59 Å². The largest absolute Gasteiger partial charge is 0.495 e. The Kier molecular flexibility index (Phi) is 5.93. The predicted molar refractivity (Wildman–Crippen MR) is 122 cm³/mol. The molecular formula is C24H24N4O4. The molecule has 164 valence electrons. The van der Waals surface area contributed by atoms with Gasteiger partial charge in [-0.25, -0.2) is 4.79 Å². The molecule has 0 spiro atoms. The molecule has 0 saturated carbocycles. The molecule has 1 aliphatic heterocycles. The molecule has 0 bridgehead atoms. The molecule has 3 aromatic rings. The highest BCUT2D eigenvalue weighted by Gasteiger charge is 2.26. The van der Waals surface area contributed by atoms with Gasteiger partial charge in [-0.15, -0.1) is 0 Å². The number of hydrogen-bond acceptors (Lipinski definition) is 5. The number of pyridine rings is 1. The molecule has 0 unspecified atom stereocenters. The molecule has 1 aliphatic rings. The van der Waals surface area contributed by atoms with Crippen LogP contribution in [-0.2, 0) is 6.42 Å². The van der Waals surface area contributed by atoms with Gasteiger partial charge in [-0.2, -0.15) is 0 Å². The van der Waals surface area contributed by atoms with Gasteiger partial charge in [0.2, 0.25) is 0 Å². The smallest absolute Gasteiger partial charge is 0.326 e. The maximum absolute atomic E-state index is 12.9. The van der Waals surface area contributed by atoms with E-state index in [0.717, 1.165) is 16.8 Å².